The second kappa shape index (κ2) is 12.0. The van der Waals surface area contributed by atoms with Crippen molar-refractivity contribution in [2.75, 3.05) is 49.6 Å². The first-order chi connectivity index (χ1) is 17.3. The molecule has 12 heteroatoms. The van der Waals surface area contributed by atoms with Gasteiger partial charge in [-0.2, -0.15) is 11.8 Å². The van der Waals surface area contributed by atoms with E-state index in [4.69, 9.17) is 27.9 Å². The molecule has 2 amide bonds. The molecule has 8 nitrogen and oxygen atoms in total. The van der Waals surface area contributed by atoms with Crippen molar-refractivity contribution in [1.29, 1.82) is 0 Å². The van der Waals surface area contributed by atoms with Gasteiger partial charge in [-0.1, -0.05) is 23.2 Å². The van der Waals surface area contributed by atoms with Crippen LogP contribution in [0.3, 0.4) is 0 Å². The van der Waals surface area contributed by atoms with Crippen LogP contribution in [0.5, 0.6) is 5.75 Å². The number of carbonyl (C=O) groups excluding carboxylic acids is 2. The van der Waals surface area contributed by atoms with Gasteiger partial charge >= 0.3 is 0 Å². The van der Waals surface area contributed by atoms with Crippen LogP contribution in [0.4, 0.5) is 5.69 Å². The summed E-state index contributed by atoms with van der Waals surface area (Å²) in [5, 5.41) is 3.44. The molecular formula is C24H26BrCl2N5O3S. The number of nitrogens with one attached hydrogen (secondary N) is 1. The monoisotopic (exact) mass is 613 g/mol. The van der Waals surface area contributed by atoms with Crippen molar-refractivity contribution in [1.82, 2.24) is 19.6 Å². The number of aromatic nitrogens is 2. The first kappa shape index (κ1) is 27.1. The Bertz CT molecular complexity index is 1280. The van der Waals surface area contributed by atoms with Gasteiger partial charge in [0.15, 0.2) is 11.4 Å². The number of benzene rings is 1. The number of thioether (sulfide) groups is 1. The van der Waals surface area contributed by atoms with E-state index in [-0.39, 0.29) is 25.0 Å². The Balaban J connectivity index is 1.42. The van der Waals surface area contributed by atoms with E-state index >= 15 is 0 Å². The number of imidazole rings is 1. The van der Waals surface area contributed by atoms with Crippen molar-refractivity contribution in [3.05, 3.63) is 56.4 Å². The number of hydrogen-bond donors (Lipinski definition) is 1. The minimum atomic E-state index is -0.295. The van der Waals surface area contributed by atoms with E-state index < -0.39 is 0 Å². The van der Waals surface area contributed by atoms with Gasteiger partial charge in [-0.3, -0.25) is 18.9 Å². The van der Waals surface area contributed by atoms with Crippen LogP contribution in [-0.2, 0) is 16.2 Å². The number of hydrogen-bond acceptors (Lipinski definition) is 6. The van der Waals surface area contributed by atoms with E-state index in [0.717, 1.165) is 34.9 Å². The largest absolute Gasteiger partial charge is 0.485 e. The highest BCUT2D eigenvalue weighted by Crippen LogP contribution is 2.35. The Labute approximate surface area is 232 Å². The predicted molar refractivity (Wildman–Crippen MR) is 149 cm³/mol. The van der Waals surface area contributed by atoms with E-state index in [1.54, 1.807) is 19.2 Å². The Morgan fingerprint density at radius 1 is 1.25 bits per heavy atom. The lowest BCUT2D eigenvalue weighted by Crippen LogP contribution is -2.44. The highest BCUT2D eigenvalue weighted by atomic mass is 79.9. The van der Waals surface area contributed by atoms with Crippen molar-refractivity contribution in [2.24, 2.45) is 0 Å². The SMILES string of the molecule is Cc1nc2c(OCc3c(Cl)ccc(N(C)C(=O)CNC(=O)CN4CCSCC4)c3Cl)cccn2c1Br. The molecule has 0 aliphatic carbocycles. The second-order valence-corrected chi connectivity index (χ2v) is 11.1. The van der Waals surface area contributed by atoms with Gasteiger partial charge in [0, 0.05) is 48.4 Å². The number of rotatable bonds is 8. The molecule has 2 aromatic heterocycles. The fraction of sp³-hybridized carbons (Fsp3) is 0.375. The number of carbonyl (C=O) groups is 2. The van der Waals surface area contributed by atoms with Gasteiger partial charge in [0.05, 0.1) is 29.5 Å². The lowest BCUT2D eigenvalue weighted by molar-refractivity contribution is -0.125. The molecule has 0 saturated carbocycles. The van der Waals surface area contributed by atoms with Gasteiger partial charge in [0.2, 0.25) is 11.8 Å². The zero-order valence-electron chi connectivity index (χ0n) is 19.9. The molecule has 1 aliphatic rings. The number of halogens is 3. The molecule has 0 unspecified atom stereocenters. The van der Waals surface area contributed by atoms with E-state index in [2.05, 4.69) is 31.1 Å². The van der Waals surface area contributed by atoms with Crippen molar-refractivity contribution in [3.8, 4) is 5.75 Å². The molecule has 0 bridgehead atoms. The smallest absolute Gasteiger partial charge is 0.246 e. The molecule has 3 heterocycles. The molecule has 0 spiro atoms. The lowest BCUT2D eigenvalue weighted by Gasteiger charge is -2.25. The summed E-state index contributed by atoms with van der Waals surface area (Å²) in [6, 6.07) is 7.03. The quantitative estimate of drug-likeness (QED) is 0.405. The minimum Gasteiger partial charge on any atom is -0.485 e. The molecule has 1 aliphatic heterocycles. The number of likely N-dealkylation sites (N-methyl/N-ethyl adjacent to an activating group) is 1. The van der Waals surface area contributed by atoms with E-state index in [9.17, 15) is 9.59 Å². The van der Waals surface area contributed by atoms with Crippen molar-refractivity contribution in [2.45, 2.75) is 13.5 Å². The summed E-state index contributed by atoms with van der Waals surface area (Å²) in [6.45, 7) is 3.91. The molecule has 36 heavy (non-hydrogen) atoms. The topological polar surface area (TPSA) is 79.2 Å². The van der Waals surface area contributed by atoms with Crippen LogP contribution >= 0.6 is 50.9 Å². The van der Waals surface area contributed by atoms with Crippen molar-refractivity contribution >= 4 is 74.0 Å². The molecule has 0 atom stereocenters. The second-order valence-electron chi connectivity index (χ2n) is 8.32. The van der Waals surface area contributed by atoms with Crippen LogP contribution in [0.1, 0.15) is 11.3 Å². The third-order valence-electron chi connectivity index (χ3n) is 5.90. The van der Waals surface area contributed by atoms with E-state index in [1.165, 1.54) is 4.90 Å². The molecule has 1 fully saturated rings. The Kier molecular flexibility index (Phi) is 9.05. The summed E-state index contributed by atoms with van der Waals surface area (Å²) in [5.41, 5.74) is 2.53. The van der Waals surface area contributed by atoms with E-state index in [0.29, 0.717) is 39.2 Å². The summed E-state index contributed by atoms with van der Waals surface area (Å²) in [5.74, 6) is 2.14. The first-order valence-electron chi connectivity index (χ1n) is 11.3. The minimum absolute atomic E-state index is 0.0849. The molecule has 0 radical (unpaired) electrons. The molecule has 1 N–H and O–H groups in total. The standard InChI is InChI=1S/C24H26BrCl2N5O3S/c1-15-23(25)32-7-3-4-19(24(32)29-15)35-14-16-17(26)5-6-18(22(16)27)30(2)21(34)12-28-20(33)13-31-8-10-36-11-9-31/h3-7H,8-14H2,1-2H3,(H,28,33). The molecule has 4 rings (SSSR count). The highest BCUT2D eigenvalue weighted by Gasteiger charge is 2.21. The highest BCUT2D eigenvalue weighted by molar-refractivity contribution is 9.10. The summed E-state index contributed by atoms with van der Waals surface area (Å²) < 4.78 is 8.78. The van der Waals surface area contributed by atoms with Crippen molar-refractivity contribution < 1.29 is 14.3 Å². The number of aryl methyl sites for hydroxylation is 1. The summed E-state index contributed by atoms with van der Waals surface area (Å²) in [7, 11) is 1.61. The van der Waals surface area contributed by atoms with Crippen LogP contribution in [0.25, 0.3) is 5.65 Å². The first-order valence-corrected chi connectivity index (χ1v) is 14.0. The molecule has 192 valence electrons. The third-order valence-corrected chi connectivity index (χ3v) is 8.57. The van der Waals surface area contributed by atoms with E-state index in [1.807, 2.05) is 41.4 Å². The summed E-state index contributed by atoms with van der Waals surface area (Å²) >= 11 is 18.5. The number of nitrogens with zero attached hydrogens (tertiary/aromatic N) is 4. The van der Waals surface area contributed by atoms with Gasteiger partial charge in [-0.05, 0) is 47.1 Å². The van der Waals surface area contributed by atoms with Crippen LogP contribution in [0.15, 0.2) is 35.1 Å². The van der Waals surface area contributed by atoms with Gasteiger partial charge < -0.3 is 15.0 Å². The van der Waals surface area contributed by atoms with Crippen LogP contribution in [0.2, 0.25) is 10.0 Å². The van der Waals surface area contributed by atoms with Gasteiger partial charge in [0.1, 0.15) is 11.2 Å². The lowest BCUT2D eigenvalue weighted by atomic mass is 10.2. The molecule has 1 saturated heterocycles. The maximum atomic E-state index is 12.8. The molecule has 3 aromatic rings. The van der Waals surface area contributed by atoms with Crippen LogP contribution in [0, 0.1) is 6.92 Å². The summed E-state index contributed by atoms with van der Waals surface area (Å²) in [4.78, 5) is 33.1. The average molecular weight is 615 g/mol. The van der Waals surface area contributed by atoms with Crippen molar-refractivity contribution in [3.63, 3.8) is 0 Å². The fourth-order valence-corrected chi connectivity index (χ4v) is 5.77. The third kappa shape index (κ3) is 6.11. The number of fused-ring (bicyclic) bond motifs is 1. The Hall–Kier alpha value is -1.98. The maximum absolute atomic E-state index is 12.8. The Morgan fingerprint density at radius 2 is 2.00 bits per heavy atom. The number of pyridine rings is 1. The zero-order valence-corrected chi connectivity index (χ0v) is 23.8. The average Bonchev–Trinajstić information content (AvgIpc) is 3.16. The zero-order chi connectivity index (χ0) is 25.8. The normalized spacial score (nSPS) is 14.1. The van der Waals surface area contributed by atoms with Crippen LogP contribution in [-0.4, -0.2) is 70.8 Å². The number of ether oxygens (including phenoxy) is 1. The maximum Gasteiger partial charge on any atom is 0.246 e. The van der Waals surface area contributed by atoms with Gasteiger partial charge in [-0.25, -0.2) is 4.98 Å². The molecular weight excluding hydrogens is 589 g/mol. The van der Waals surface area contributed by atoms with Crippen LogP contribution < -0.4 is 15.0 Å². The van der Waals surface area contributed by atoms with Gasteiger partial charge in [-0.15, -0.1) is 0 Å². The predicted octanol–water partition coefficient (Wildman–Crippen LogP) is 4.42. The number of amides is 2. The Morgan fingerprint density at radius 3 is 2.75 bits per heavy atom. The fourth-order valence-electron chi connectivity index (χ4n) is 3.81. The van der Waals surface area contributed by atoms with Gasteiger partial charge in [0.25, 0.3) is 0 Å². The molecule has 1 aromatic carbocycles. The number of anilines is 1. The summed E-state index contributed by atoms with van der Waals surface area (Å²) in [6.07, 6.45) is 1.89.